The number of nitrogens with one attached hydrogen (secondary N) is 1. The monoisotopic (exact) mass is 621 g/mol. The second-order valence-corrected chi connectivity index (χ2v) is 12.5. The molecule has 0 spiro atoms. The highest BCUT2D eigenvalue weighted by Gasteiger charge is 2.24. The van der Waals surface area contributed by atoms with Crippen molar-refractivity contribution in [3.63, 3.8) is 0 Å². The van der Waals surface area contributed by atoms with E-state index in [0.29, 0.717) is 32.1 Å². The molecule has 0 aliphatic carbocycles. The number of H-pyrrole nitrogens is 1. The molecular formula is C34H35N7O3S. The number of carbonyl (C=O) groups excluding carboxylic acids is 2. The molecule has 1 amide bonds. The molecule has 0 bridgehead atoms. The standard InChI is InChI=1S/C34H35N7O3S/c42-25(10-9-24-5-2-1-3-6-24)11-12-31(43)40-15-13-39(14-16-40)23-26-21-30-32(45-26)34(41-17-19-44-20-18-41)37-33(36-30)27-7-4-8-29-28(27)22-35-38-29/h1-10,21-22H,11-20,23H2,(H,35,38). The summed E-state index contributed by atoms with van der Waals surface area (Å²) in [4.78, 5) is 43.1. The normalized spacial score (nSPS) is 16.3. The van der Waals surface area contributed by atoms with Crippen molar-refractivity contribution in [1.29, 1.82) is 0 Å². The van der Waals surface area contributed by atoms with E-state index in [1.165, 1.54) is 4.88 Å². The molecule has 2 saturated heterocycles. The molecule has 2 aliphatic rings. The molecule has 3 aromatic heterocycles. The van der Waals surface area contributed by atoms with E-state index in [-0.39, 0.29) is 24.5 Å². The van der Waals surface area contributed by atoms with E-state index in [1.54, 1.807) is 23.5 Å². The van der Waals surface area contributed by atoms with Gasteiger partial charge in [0.05, 0.1) is 35.1 Å². The Morgan fingerprint density at radius 1 is 0.933 bits per heavy atom. The topological polar surface area (TPSA) is 108 Å². The summed E-state index contributed by atoms with van der Waals surface area (Å²) in [5.74, 6) is 1.67. The lowest BCUT2D eigenvalue weighted by molar-refractivity contribution is -0.134. The molecule has 11 heteroatoms. The van der Waals surface area contributed by atoms with Crippen molar-refractivity contribution in [3.8, 4) is 11.4 Å². The van der Waals surface area contributed by atoms with Crippen molar-refractivity contribution >= 4 is 56.0 Å². The van der Waals surface area contributed by atoms with Gasteiger partial charge in [0, 0.05) is 74.5 Å². The number of anilines is 1. The predicted octanol–water partition coefficient (Wildman–Crippen LogP) is 4.78. The number of piperazine rings is 1. The van der Waals surface area contributed by atoms with E-state index < -0.39 is 0 Å². The van der Waals surface area contributed by atoms with Gasteiger partial charge in [-0.05, 0) is 23.8 Å². The van der Waals surface area contributed by atoms with Gasteiger partial charge in [-0.3, -0.25) is 19.6 Å². The van der Waals surface area contributed by atoms with Crippen molar-refractivity contribution in [2.75, 3.05) is 57.4 Å². The zero-order valence-corrected chi connectivity index (χ0v) is 25.8. The van der Waals surface area contributed by atoms with E-state index >= 15 is 0 Å². The molecule has 230 valence electrons. The number of hydrogen-bond acceptors (Lipinski definition) is 9. The average Bonchev–Trinajstić information content (AvgIpc) is 3.74. The van der Waals surface area contributed by atoms with Gasteiger partial charge in [-0.1, -0.05) is 48.5 Å². The Kier molecular flexibility index (Phi) is 8.63. The predicted molar refractivity (Wildman–Crippen MR) is 177 cm³/mol. The summed E-state index contributed by atoms with van der Waals surface area (Å²) in [6.07, 6.45) is 5.67. The summed E-state index contributed by atoms with van der Waals surface area (Å²) < 4.78 is 6.73. The van der Waals surface area contributed by atoms with Crippen LogP contribution in [-0.2, 0) is 20.9 Å². The molecule has 5 aromatic rings. The maximum absolute atomic E-state index is 12.9. The smallest absolute Gasteiger partial charge is 0.223 e. The number of ketones is 1. The lowest BCUT2D eigenvalue weighted by Crippen LogP contribution is -2.48. The summed E-state index contributed by atoms with van der Waals surface area (Å²) in [7, 11) is 0. The van der Waals surface area contributed by atoms with Crippen LogP contribution in [0.5, 0.6) is 0 Å². The van der Waals surface area contributed by atoms with Gasteiger partial charge < -0.3 is 14.5 Å². The first kappa shape index (κ1) is 29.3. The zero-order chi connectivity index (χ0) is 30.6. The molecule has 2 fully saturated rings. The van der Waals surface area contributed by atoms with Gasteiger partial charge in [-0.25, -0.2) is 9.97 Å². The number of thiophene rings is 1. The summed E-state index contributed by atoms with van der Waals surface area (Å²) in [5.41, 5.74) is 3.84. The lowest BCUT2D eigenvalue weighted by Gasteiger charge is -2.34. The molecule has 2 aromatic carbocycles. The van der Waals surface area contributed by atoms with Gasteiger partial charge in [0.2, 0.25) is 5.91 Å². The van der Waals surface area contributed by atoms with Crippen LogP contribution in [0.15, 0.2) is 66.9 Å². The zero-order valence-electron chi connectivity index (χ0n) is 25.0. The SMILES string of the molecule is O=C(C=Cc1ccccc1)CCC(=O)N1CCN(Cc2cc3nc(-c4cccc5[nH]ncc45)nc(N4CCOCC4)c3s2)CC1. The third-order valence-electron chi connectivity index (χ3n) is 8.39. The number of rotatable bonds is 9. The van der Waals surface area contributed by atoms with E-state index in [9.17, 15) is 9.59 Å². The molecule has 10 nitrogen and oxygen atoms in total. The number of amides is 1. The minimum atomic E-state index is -0.0280. The number of allylic oxidation sites excluding steroid dienone is 1. The van der Waals surface area contributed by atoms with Gasteiger partial charge in [0.25, 0.3) is 0 Å². The number of carbonyl (C=O) groups is 2. The molecule has 7 rings (SSSR count). The third-order valence-corrected chi connectivity index (χ3v) is 9.50. The fourth-order valence-corrected chi connectivity index (χ4v) is 7.07. The van der Waals surface area contributed by atoms with Crippen LogP contribution in [0.2, 0.25) is 0 Å². The van der Waals surface area contributed by atoms with E-state index in [4.69, 9.17) is 14.7 Å². The highest BCUT2D eigenvalue weighted by Crippen LogP contribution is 2.36. The highest BCUT2D eigenvalue weighted by atomic mass is 32.1. The Balaban J connectivity index is 1.01. The fourth-order valence-electron chi connectivity index (χ4n) is 5.92. The first-order chi connectivity index (χ1) is 22.1. The molecule has 2 aliphatic heterocycles. The third kappa shape index (κ3) is 6.65. The Morgan fingerprint density at radius 3 is 2.58 bits per heavy atom. The molecule has 0 saturated carbocycles. The van der Waals surface area contributed by atoms with Crippen LogP contribution < -0.4 is 4.90 Å². The average molecular weight is 622 g/mol. The minimum Gasteiger partial charge on any atom is -0.378 e. The number of aromatic nitrogens is 4. The van der Waals surface area contributed by atoms with Crippen molar-refractivity contribution in [2.24, 2.45) is 0 Å². The van der Waals surface area contributed by atoms with Crippen LogP contribution in [0.4, 0.5) is 5.82 Å². The van der Waals surface area contributed by atoms with Crippen LogP contribution in [-0.4, -0.2) is 94.1 Å². The maximum atomic E-state index is 12.9. The van der Waals surface area contributed by atoms with Crippen LogP contribution in [0, 0.1) is 0 Å². The number of morpholine rings is 1. The van der Waals surface area contributed by atoms with Crippen LogP contribution in [0.3, 0.4) is 0 Å². The fraction of sp³-hybridized carbons (Fsp3) is 0.324. The summed E-state index contributed by atoms with van der Waals surface area (Å²) in [6.45, 7) is 6.64. The number of nitrogens with zero attached hydrogens (tertiary/aromatic N) is 6. The summed E-state index contributed by atoms with van der Waals surface area (Å²) >= 11 is 1.75. The molecule has 0 unspecified atom stereocenters. The molecule has 0 radical (unpaired) electrons. The van der Waals surface area contributed by atoms with Crippen molar-refractivity contribution in [1.82, 2.24) is 30.0 Å². The molecular weight excluding hydrogens is 586 g/mol. The Bertz CT molecular complexity index is 1840. The summed E-state index contributed by atoms with van der Waals surface area (Å²) in [6, 6.07) is 18.0. The number of fused-ring (bicyclic) bond motifs is 2. The van der Waals surface area contributed by atoms with Crippen LogP contribution in [0.25, 0.3) is 38.6 Å². The van der Waals surface area contributed by atoms with Gasteiger partial charge in [-0.15, -0.1) is 11.3 Å². The molecule has 45 heavy (non-hydrogen) atoms. The number of benzene rings is 2. The highest BCUT2D eigenvalue weighted by molar-refractivity contribution is 7.19. The largest absolute Gasteiger partial charge is 0.378 e. The minimum absolute atomic E-state index is 0.0280. The van der Waals surface area contributed by atoms with Gasteiger partial charge in [-0.2, -0.15) is 5.10 Å². The van der Waals surface area contributed by atoms with Crippen molar-refractivity contribution in [3.05, 3.63) is 77.3 Å². The van der Waals surface area contributed by atoms with Crippen LogP contribution >= 0.6 is 11.3 Å². The van der Waals surface area contributed by atoms with E-state index in [1.807, 2.05) is 59.6 Å². The molecule has 5 heterocycles. The Labute approximate surface area is 265 Å². The first-order valence-electron chi connectivity index (χ1n) is 15.4. The maximum Gasteiger partial charge on any atom is 0.223 e. The number of aromatic amines is 1. The number of ether oxygens (including phenoxy) is 1. The van der Waals surface area contributed by atoms with Crippen molar-refractivity contribution < 1.29 is 14.3 Å². The van der Waals surface area contributed by atoms with Crippen LogP contribution in [0.1, 0.15) is 23.3 Å². The molecule has 0 atom stereocenters. The number of hydrogen-bond donors (Lipinski definition) is 1. The van der Waals surface area contributed by atoms with E-state index in [0.717, 1.165) is 70.8 Å². The second-order valence-electron chi connectivity index (χ2n) is 11.4. The summed E-state index contributed by atoms with van der Waals surface area (Å²) in [5, 5.41) is 8.28. The Morgan fingerprint density at radius 2 is 1.76 bits per heavy atom. The van der Waals surface area contributed by atoms with E-state index in [2.05, 4.69) is 26.1 Å². The van der Waals surface area contributed by atoms with Gasteiger partial charge >= 0.3 is 0 Å². The van der Waals surface area contributed by atoms with Crippen molar-refractivity contribution in [2.45, 2.75) is 19.4 Å². The molecule has 1 N–H and O–H groups in total. The van der Waals surface area contributed by atoms with Gasteiger partial charge in [0.1, 0.15) is 0 Å². The second kappa shape index (κ2) is 13.3. The quantitative estimate of drug-likeness (QED) is 0.235. The Hall–Kier alpha value is -4.45. The first-order valence-corrected chi connectivity index (χ1v) is 16.2. The van der Waals surface area contributed by atoms with Gasteiger partial charge in [0.15, 0.2) is 17.4 Å². The lowest BCUT2D eigenvalue weighted by atomic mass is 10.1.